The van der Waals surface area contributed by atoms with Crippen molar-refractivity contribution in [1.29, 1.82) is 0 Å². The van der Waals surface area contributed by atoms with Crippen LogP contribution in [0.1, 0.15) is 48.7 Å². The Balaban J connectivity index is 1.65. The highest BCUT2D eigenvalue weighted by Crippen LogP contribution is 2.32. The lowest BCUT2D eigenvalue weighted by Crippen LogP contribution is -2.42. The standard InChI is InChI=1S/C24H29N3O5/c1-14(2)22(15-9-11-19(31-3)20(13-15)32-4)27-21(28)12-10-18-24(30)25-17-8-6-5-7-16(17)23(29)26-18/h5-9,11,13-14,18,22H,10,12H2,1-4H3,(H,25,30)(H,26,29)(H,27,28)/t18-,22?/m0/s1. The van der Waals surface area contributed by atoms with Gasteiger partial charge in [0.25, 0.3) is 5.91 Å². The van der Waals surface area contributed by atoms with E-state index in [1.54, 1.807) is 44.6 Å². The van der Waals surface area contributed by atoms with Crippen LogP contribution in [0.25, 0.3) is 0 Å². The van der Waals surface area contributed by atoms with E-state index in [9.17, 15) is 14.4 Å². The molecule has 0 bridgehead atoms. The maximum atomic E-state index is 12.7. The van der Waals surface area contributed by atoms with Crippen LogP contribution in [0.3, 0.4) is 0 Å². The van der Waals surface area contributed by atoms with Crippen molar-refractivity contribution in [2.45, 2.75) is 38.8 Å². The lowest BCUT2D eigenvalue weighted by Gasteiger charge is -2.24. The van der Waals surface area contributed by atoms with E-state index in [1.807, 2.05) is 26.0 Å². The first-order valence-corrected chi connectivity index (χ1v) is 10.6. The second-order valence-corrected chi connectivity index (χ2v) is 8.00. The van der Waals surface area contributed by atoms with Crippen molar-refractivity contribution in [2.24, 2.45) is 5.92 Å². The van der Waals surface area contributed by atoms with E-state index in [2.05, 4.69) is 16.0 Å². The van der Waals surface area contributed by atoms with Gasteiger partial charge in [0.1, 0.15) is 6.04 Å². The third-order valence-corrected chi connectivity index (χ3v) is 5.46. The number of carbonyl (C=O) groups excluding carboxylic acids is 3. The van der Waals surface area contributed by atoms with Gasteiger partial charge in [0, 0.05) is 6.42 Å². The van der Waals surface area contributed by atoms with Crippen LogP contribution in [0.5, 0.6) is 11.5 Å². The molecule has 8 heteroatoms. The molecule has 170 valence electrons. The molecule has 0 saturated carbocycles. The Morgan fingerprint density at radius 3 is 2.47 bits per heavy atom. The van der Waals surface area contributed by atoms with Gasteiger partial charge in [-0.05, 0) is 42.2 Å². The molecule has 0 radical (unpaired) electrons. The molecule has 0 aromatic heterocycles. The second-order valence-electron chi connectivity index (χ2n) is 8.00. The Kier molecular flexibility index (Phi) is 7.35. The van der Waals surface area contributed by atoms with Gasteiger partial charge in [-0.2, -0.15) is 0 Å². The lowest BCUT2D eigenvalue weighted by atomic mass is 9.95. The summed E-state index contributed by atoms with van der Waals surface area (Å²) in [5.41, 5.74) is 1.76. The summed E-state index contributed by atoms with van der Waals surface area (Å²) in [7, 11) is 3.13. The Hall–Kier alpha value is -3.55. The molecule has 0 spiro atoms. The minimum Gasteiger partial charge on any atom is -0.493 e. The molecular formula is C24H29N3O5. The fraction of sp³-hybridized carbons (Fsp3) is 0.375. The smallest absolute Gasteiger partial charge is 0.254 e. The zero-order valence-corrected chi connectivity index (χ0v) is 18.7. The molecular weight excluding hydrogens is 410 g/mol. The number of nitrogens with one attached hydrogen (secondary N) is 3. The number of methoxy groups -OCH3 is 2. The molecule has 2 atom stereocenters. The number of anilines is 1. The summed E-state index contributed by atoms with van der Waals surface area (Å²) in [6.45, 7) is 4.02. The van der Waals surface area contributed by atoms with Gasteiger partial charge in [0.2, 0.25) is 11.8 Å². The average Bonchev–Trinajstić information content (AvgIpc) is 2.91. The summed E-state index contributed by atoms with van der Waals surface area (Å²) in [6, 6.07) is 11.3. The Morgan fingerprint density at radius 1 is 1.06 bits per heavy atom. The second kappa shape index (κ2) is 10.2. The van der Waals surface area contributed by atoms with Crippen molar-refractivity contribution in [3.8, 4) is 11.5 Å². The first-order chi connectivity index (χ1) is 15.3. The Bertz CT molecular complexity index is 1000. The quantitative estimate of drug-likeness (QED) is 0.586. The fourth-order valence-corrected chi connectivity index (χ4v) is 3.72. The number of hydrogen-bond acceptors (Lipinski definition) is 5. The van der Waals surface area contributed by atoms with Crippen molar-refractivity contribution in [1.82, 2.24) is 10.6 Å². The largest absolute Gasteiger partial charge is 0.493 e. The third kappa shape index (κ3) is 5.19. The molecule has 3 N–H and O–H groups in total. The van der Waals surface area contributed by atoms with Gasteiger partial charge in [-0.1, -0.05) is 32.0 Å². The molecule has 1 aliphatic rings. The molecule has 8 nitrogen and oxygen atoms in total. The van der Waals surface area contributed by atoms with Gasteiger partial charge in [-0.25, -0.2) is 0 Å². The predicted molar refractivity (Wildman–Crippen MR) is 121 cm³/mol. The van der Waals surface area contributed by atoms with Crippen LogP contribution >= 0.6 is 0 Å². The summed E-state index contributed by atoms with van der Waals surface area (Å²) in [5, 5.41) is 8.51. The van der Waals surface area contributed by atoms with Crippen LogP contribution in [0, 0.1) is 5.92 Å². The Morgan fingerprint density at radius 2 is 1.78 bits per heavy atom. The summed E-state index contributed by atoms with van der Waals surface area (Å²) in [6.07, 6.45) is 0.277. The Labute approximate surface area is 187 Å². The average molecular weight is 440 g/mol. The highest BCUT2D eigenvalue weighted by molar-refractivity contribution is 6.09. The molecule has 1 aliphatic heterocycles. The summed E-state index contributed by atoms with van der Waals surface area (Å²) < 4.78 is 10.7. The number of benzene rings is 2. The third-order valence-electron chi connectivity index (χ3n) is 5.46. The minimum atomic E-state index is -0.792. The molecule has 3 rings (SSSR count). The molecule has 0 saturated heterocycles. The fourth-order valence-electron chi connectivity index (χ4n) is 3.72. The number of ether oxygens (including phenoxy) is 2. The van der Waals surface area contributed by atoms with E-state index in [0.29, 0.717) is 22.7 Å². The van der Waals surface area contributed by atoms with Gasteiger partial charge in [0.15, 0.2) is 11.5 Å². The number of fused-ring (bicyclic) bond motifs is 1. The zero-order chi connectivity index (χ0) is 23.3. The lowest BCUT2D eigenvalue weighted by molar-refractivity contribution is -0.122. The molecule has 3 amide bonds. The first-order valence-electron chi connectivity index (χ1n) is 10.6. The molecule has 0 aliphatic carbocycles. The van der Waals surface area contributed by atoms with Crippen LogP contribution < -0.4 is 25.4 Å². The van der Waals surface area contributed by atoms with E-state index in [1.165, 1.54) is 0 Å². The number of hydrogen-bond donors (Lipinski definition) is 3. The van der Waals surface area contributed by atoms with Gasteiger partial charge >= 0.3 is 0 Å². The van der Waals surface area contributed by atoms with Crippen LogP contribution in [-0.4, -0.2) is 38.0 Å². The van der Waals surface area contributed by atoms with Crippen molar-refractivity contribution in [3.63, 3.8) is 0 Å². The van der Waals surface area contributed by atoms with Crippen LogP contribution in [0.2, 0.25) is 0 Å². The van der Waals surface area contributed by atoms with Crippen LogP contribution in [-0.2, 0) is 9.59 Å². The van der Waals surface area contributed by atoms with Crippen LogP contribution in [0.4, 0.5) is 5.69 Å². The zero-order valence-electron chi connectivity index (χ0n) is 18.7. The topological polar surface area (TPSA) is 106 Å². The molecule has 2 aromatic carbocycles. The van der Waals surface area contributed by atoms with Crippen molar-refractivity contribution in [2.75, 3.05) is 19.5 Å². The van der Waals surface area contributed by atoms with Gasteiger partial charge in [0.05, 0.1) is 31.5 Å². The van der Waals surface area contributed by atoms with E-state index >= 15 is 0 Å². The molecule has 1 unspecified atom stereocenters. The molecule has 2 aromatic rings. The SMILES string of the molecule is COc1ccc(C(NC(=O)CC[C@@H]2NC(=O)c3ccccc3NC2=O)C(C)C)cc1OC. The summed E-state index contributed by atoms with van der Waals surface area (Å²) >= 11 is 0. The van der Waals surface area contributed by atoms with Gasteiger partial charge in [-0.15, -0.1) is 0 Å². The molecule has 32 heavy (non-hydrogen) atoms. The highest BCUT2D eigenvalue weighted by Gasteiger charge is 2.28. The monoisotopic (exact) mass is 439 g/mol. The number of amides is 3. The van der Waals surface area contributed by atoms with E-state index < -0.39 is 6.04 Å². The summed E-state index contributed by atoms with van der Waals surface area (Å²) in [4.78, 5) is 37.7. The first kappa shape index (κ1) is 23.1. The predicted octanol–water partition coefficient (Wildman–Crippen LogP) is 3.05. The number of rotatable bonds is 8. The van der Waals surface area contributed by atoms with Gasteiger partial charge in [-0.3, -0.25) is 14.4 Å². The van der Waals surface area contributed by atoms with Gasteiger partial charge < -0.3 is 25.4 Å². The highest BCUT2D eigenvalue weighted by atomic mass is 16.5. The molecule has 1 heterocycles. The molecule has 0 fully saturated rings. The van der Waals surface area contributed by atoms with Crippen molar-refractivity contribution in [3.05, 3.63) is 53.6 Å². The number of carbonyl (C=O) groups is 3. The maximum Gasteiger partial charge on any atom is 0.254 e. The van der Waals surface area contributed by atoms with E-state index in [-0.39, 0.29) is 42.5 Å². The van der Waals surface area contributed by atoms with E-state index in [4.69, 9.17) is 9.47 Å². The maximum absolute atomic E-state index is 12.7. The normalized spacial score (nSPS) is 16.3. The minimum absolute atomic E-state index is 0.0885. The van der Waals surface area contributed by atoms with Crippen molar-refractivity contribution >= 4 is 23.4 Å². The van der Waals surface area contributed by atoms with Crippen LogP contribution in [0.15, 0.2) is 42.5 Å². The van der Waals surface area contributed by atoms with E-state index in [0.717, 1.165) is 5.56 Å². The van der Waals surface area contributed by atoms with Crippen molar-refractivity contribution < 1.29 is 23.9 Å². The summed E-state index contributed by atoms with van der Waals surface area (Å²) in [5.74, 6) is 0.435. The number of para-hydroxylation sites is 1.